The summed E-state index contributed by atoms with van der Waals surface area (Å²) in [7, 11) is 3.90. The van der Waals surface area contributed by atoms with Crippen molar-refractivity contribution in [2.75, 3.05) is 40.3 Å². The topological polar surface area (TPSA) is 55.8 Å². The van der Waals surface area contributed by atoms with Crippen LogP contribution in [0, 0.1) is 0 Å². The van der Waals surface area contributed by atoms with Crippen molar-refractivity contribution in [3.05, 3.63) is 0 Å². The van der Waals surface area contributed by atoms with Gasteiger partial charge in [0, 0.05) is 25.7 Å². The Bertz CT molecular complexity index is 292. The summed E-state index contributed by atoms with van der Waals surface area (Å²) in [6.45, 7) is 8.47. The second-order valence-corrected chi connectivity index (χ2v) is 5.74. The van der Waals surface area contributed by atoms with Crippen LogP contribution in [0.2, 0.25) is 0 Å². The Morgan fingerprint density at radius 3 is 2.63 bits per heavy atom. The van der Waals surface area contributed by atoms with Crippen molar-refractivity contribution in [1.82, 2.24) is 15.1 Å². The van der Waals surface area contributed by atoms with Gasteiger partial charge in [0.2, 0.25) is 0 Å². The molecular formula is C14H29N3O2. The summed E-state index contributed by atoms with van der Waals surface area (Å²) in [6, 6.07) is 0.564. The third kappa shape index (κ3) is 4.16. The highest BCUT2D eigenvalue weighted by atomic mass is 16.4. The van der Waals surface area contributed by atoms with E-state index in [-0.39, 0.29) is 0 Å². The number of carbonyl (C=O) groups is 1. The number of carboxylic acid groups (broad SMARTS) is 1. The van der Waals surface area contributed by atoms with Crippen molar-refractivity contribution < 1.29 is 9.90 Å². The fourth-order valence-corrected chi connectivity index (χ4v) is 2.94. The molecule has 0 amide bonds. The highest BCUT2D eigenvalue weighted by Gasteiger charge is 2.34. The fraction of sp³-hybridized carbons (Fsp3) is 0.929. The molecule has 0 aromatic carbocycles. The van der Waals surface area contributed by atoms with E-state index in [9.17, 15) is 9.90 Å². The zero-order valence-electron chi connectivity index (χ0n) is 12.8. The first kappa shape index (κ1) is 16.4. The summed E-state index contributed by atoms with van der Waals surface area (Å²) in [4.78, 5) is 16.2. The molecule has 0 saturated carbocycles. The predicted octanol–water partition coefficient (Wildman–Crippen LogP) is 0.855. The maximum atomic E-state index is 11.4. The third-order valence-electron chi connectivity index (χ3n) is 4.51. The Labute approximate surface area is 117 Å². The average molecular weight is 271 g/mol. The molecule has 0 aromatic rings. The molecule has 2 unspecified atom stereocenters. The Morgan fingerprint density at radius 2 is 2.16 bits per heavy atom. The van der Waals surface area contributed by atoms with Gasteiger partial charge in [0.1, 0.15) is 5.54 Å². The Balaban J connectivity index is 2.42. The number of carboxylic acids is 1. The van der Waals surface area contributed by atoms with Gasteiger partial charge in [-0.25, -0.2) is 0 Å². The number of nitrogens with zero attached hydrogens (tertiary/aromatic N) is 2. The van der Waals surface area contributed by atoms with Crippen LogP contribution in [0.15, 0.2) is 0 Å². The predicted molar refractivity (Wildman–Crippen MR) is 77.5 cm³/mol. The van der Waals surface area contributed by atoms with E-state index in [1.807, 2.05) is 6.92 Å². The molecule has 1 aliphatic rings. The van der Waals surface area contributed by atoms with E-state index in [0.717, 1.165) is 32.6 Å². The second-order valence-electron chi connectivity index (χ2n) is 5.74. The number of hydrogen-bond donors (Lipinski definition) is 2. The molecule has 19 heavy (non-hydrogen) atoms. The molecule has 1 heterocycles. The lowest BCUT2D eigenvalue weighted by molar-refractivity contribution is -0.145. The highest BCUT2D eigenvalue weighted by molar-refractivity contribution is 5.78. The minimum absolute atomic E-state index is 0.564. The molecule has 5 nitrogen and oxygen atoms in total. The molecule has 1 saturated heterocycles. The third-order valence-corrected chi connectivity index (χ3v) is 4.51. The normalized spacial score (nSPS) is 25.2. The highest BCUT2D eigenvalue weighted by Crippen LogP contribution is 2.19. The van der Waals surface area contributed by atoms with Crippen molar-refractivity contribution in [1.29, 1.82) is 0 Å². The lowest BCUT2D eigenvalue weighted by Gasteiger charge is -2.38. The van der Waals surface area contributed by atoms with Crippen LogP contribution in [-0.4, -0.2) is 72.7 Å². The lowest BCUT2D eigenvalue weighted by atomic mass is 9.90. The molecule has 0 aromatic heterocycles. The van der Waals surface area contributed by atoms with Crippen LogP contribution in [0.1, 0.15) is 33.1 Å². The van der Waals surface area contributed by atoms with Crippen molar-refractivity contribution in [2.24, 2.45) is 0 Å². The largest absolute Gasteiger partial charge is 0.480 e. The molecule has 1 fully saturated rings. The van der Waals surface area contributed by atoms with Crippen molar-refractivity contribution in [3.63, 3.8) is 0 Å². The van der Waals surface area contributed by atoms with Gasteiger partial charge in [0.15, 0.2) is 0 Å². The van der Waals surface area contributed by atoms with Crippen LogP contribution in [0.5, 0.6) is 0 Å². The number of hydrogen-bond acceptors (Lipinski definition) is 4. The summed E-state index contributed by atoms with van der Waals surface area (Å²) in [5.74, 6) is -0.732. The van der Waals surface area contributed by atoms with Gasteiger partial charge in [-0.3, -0.25) is 9.69 Å². The van der Waals surface area contributed by atoms with Crippen molar-refractivity contribution >= 4 is 5.97 Å². The van der Waals surface area contributed by atoms with Gasteiger partial charge in [-0.15, -0.1) is 0 Å². The lowest BCUT2D eigenvalue weighted by Crippen LogP contribution is -2.52. The van der Waals surface area contributed by atoms with Gasteiger partial charge < -0.3 is 15.3 Å². The molecule has 0 bridgehead atoms. The summed E-state index contributed by atoms with van der Waals surface area (Å²) < 4.78 is 0. The zero-order chi connectivity index (χ0) is 14.5. The molecule has 2 atom stereocenters. The SMILES string of the molecule is CCC(CCCN1CCN(C)CC1C)(NC)C(=O)O. The molecule has 1 aliphatic heterocycles. The Morgan fingerprint density at radius 1 is 1.47 bits per heavy atom. The molecule has 2 N–H and O–H groups in total. The van der Waals surface area contributed by atoms with Gasteiger partial charge in [0.05, 0.1) is 0 Å². The van der Waals surface area contributed by atoms with E-state index in [1.165, 1.54) is 0 Å². The van der Waals surface area contributed by atoms with E-state index in [4.69, 9.17) is 0 Å². The zero-order valence-corrected chi connectivity index (χ0v) is 12.8. The first-order valence-electron chi connectivity index (χ1n) is 7.30. The Kier molecular flexibility index (Phi) is 6.23. The maximum absolute atomic E-state index is 11.4. The summed E-state index contributed by atoms with van der Waals surface area (Å²) in [5.41, 5.74) is -0.754. The van der Waals surface area contributed by atoms with Crippen molar-refractivity contribution in [3.8, 4) is 0 Å². The van der Waals surface area contributed by atoms with Crippen LogP contribution in [-0.2, 0) is 4.79 Å². The summed E-state index contributed by atoms with van der Waals surface area (Å²) >= 11 is 0. The minimum atomic E-state index is -0.754. The quantitative estimate of drug-likeness (QED) is 0.719. The van der Waals surface area contributed by atoms with E-state index < -0.39 is 11.5 Å². The van der Waals surface area contributed by atoms with Gasteiger partial charge in [-0.2, -0.15) is 0 Å². The fourth-order valence-electron chi connectivity index (χ4n) is 2.94. The molecular weight excluding hydrogens is 242 g/mol. The first-order valence-corrected chi connectivity index (χ1v) is 7.30. The average Bonchev–Trinajstić information content (AvgIpc) is 2.37. The molecule has 1 rings (SSSR count). The van der Waals surface area contributed by atoms with Crippen LogP contribution < -0.4 is 5.32 Å². The van der Waals surface area contributed by atoms with Crippen LogP contribution in [0.25, 0.3) is 0 Å². The number of nitrogens with one attached hydrogen (secondary N) is 1. The van der Waals surface area contributed by atoms with Gasteiger partial charge in [-0.05, 0) is 46.8 Å². The van der Waals surface area contributed by atoms with Crippen LogP contribution in [0.3, 0.4) is 0 Å². The smallest absolute Gasteiger partial charge is 0.323 e. The molecule has 5 heteroatoms. The number of likely N-dealkylation sites (N-methyl/N-ethyl adjacent to an activating group) is 2. The van der Waals surface area contributed by atoms with Crippen LogP contribution >= 0.6 is 0 Å². The maximum Gasteiger partial charge on any atom is 0.323 e. The van der Waals surface area contributed by atoms with E-state index in [2.05, 4.69) is 29.1 Å². The van der Waals surface area contributed by atoms with E-state index >= 15 is 0 Å². The van der Waals surface area contributed by atoms with Gasteiger partial charge >= 0.3 is 5.97 Å². The molecule has 112 valence electrons. The summed E-state index contributed by atoms with van der Waals surface area (Å²) in [5, 5.41) is 12.4. The Hall–Kier alpha value is -0.650. The number of aliphatic carboxylic acids is 1. The first-order chi connectivity index (χ1) is 8.95. The van der Waals surface area contributed by atoms with E-state index in [0.29, 0.717) is 18.9 Å². The molecule has 0 aliphatic carbocycles. The summed E-state index contributed by atoms with van der Waals surface area (Å²) in [6.07, 6.45) is 2.24. The number of rotatable bonds is 7. The van der Waals surface area contributed by atoms with Crippen molar-refractivity contribution in [2.45, 2.75) is 44.7 Å². The van der Waals surface area contributed by atoms with Gasteiger partial charge in [0.25, 0.3) is 0 Å². The van der Waals surface area contributed by atoms with Gasteiger partial charge in [-0.1, -0.05) is 6.92 Å². The standard InChI is InChI=1S/C14H29N3O2/c1-5-14(15-3,13(18)19)7-6-8-17-10-9-16(4)11-12(17)2/h12,15H,5-11H2,1-4H3,(H,18,19). The molecule has 0 radical (unpaired) electrons. The second kappa shape index (κ2) is 7.22. The molecule has 0 spiro atoms. The van der Waals surface area contributed by atoms with Crippen LogP contribution in [0.4, 0.5) is 0 Å². The number of piperazine rings is 1. The van der Waals surface area contributed by atoms with E-state index in [1.54, 1.807) is 7.05 Å². The monoisotopic (exact) mass is 271 g/mol. The minimum Gasteiger partial charge on any atom is -0.480 e.